The molecule has 3 aromatic rings. The van der Waals surface area contributed by atoms with Gasteiger partial charge in [0.05, 0.1) is 30.5 Å². The minimum atomic E-state index is -0.666. The number of anilines is 1. The molecule has 1 aromatic heterocycles. The number of fused-ring (bicyclic) bond motifs is 1. The number of amides is 1. The molecular weight excluding hydrogens is 441 g/mol. The van der Waals surface area contributed by atoms with Gasteiger partial charge < -0.3 is 9.47 Å². The number of nitrogens with one attached hydrogen (secondary N) is 1. The molecule has 0 bridgehead atoms. The minimum Gasteiger partial charge on any atom is -0.493 e. The number of benzene rings is 2. The first-order chi connectivity index (χ1) is 15.0. The van der Waals surface area contributed by atoms with E-state index >= 15 is 0 Å². The number of rotatable bonds is 6. The number of hydrogen-bond donors (Lipinski definition) is 1. The Bertz CT molecular complexity index is 1100. The fourth-order valence-electron chi connectivity index (χ4n) is 3.62. The molecule has 0 aliphatic carbocycles. The van der Waals surface area contributed by atoms with Crippen molar-refractivity contribution < 1.29 is 18.7 Å². The van der Waals surface area contributed by atoms with Crippen molar-refractivity contribution >= 4 is 34.0 Å². The summed E-state index contributed by atoms with van der Waals surface area (Å²) < 4.78 is 24.8. The molecule has 31 heavy (non-hydrogen) atoms. The average molecular weight is 462 g/mol. The van der Waals surface area contributed by atoms with Crippen molar-refractivity contribution in [1.29, 1.82) is 0 Å². The van der Waals surface area contributed by atoms with Gasteiger partial charge in [-0.05, 0) is 41.8 Å². The van der Waals surface area contributed by atoms with Gasteiger partial charge in [0.1, 0.15) is 5.82 Å². The van der Waals surface area contributed by atoms with Crippen LogP contribution in [0.4, 0.5) is 9.52 Å². The Morgan fingerprint density at radius 3 is 2.71 bits per heavy atom. The summed E-state index contributed by atoms with van der Waals surface area (Å²) in [5.41, 5.74) is 3.10. The van der Waals surface area contributed by atoms with Crippen LogP contribution in [0, 0.1) is 5.82 Å². The molecule has 0 saturated carbocycles. The molecule has 1 N–H and O–H groups in total. The topological polar surface area (TPSA) is 63.7 Å². The van der Waals surface area contributed by atoms with Crippen LogP contribution in [0.15, 0.2) is 35.7 Å². The number of methoxy groups -OCH3 is 2. The second kappa shape index (κ2) is 9.21. The smallest absolute Gasteiger partial charge is 0.261 e. The molecule has 9 heteroatoms. The van der Waals surface area contributed by atoms with E-state index in [0.717, 1.165) is 31.0 Å². The van der Waals surface area contributed by atoms with E-state index < -0.39 is 11.7 Å². The minimum absolute atomic E-state index is 0.0633. The van der Waals surface area contributed by atoms with Crippen molar-refractivity contribution in [3.63, 3.8) is 0 Å². The lowest BCUT2D eigenvalue weighted by molar-refractivity contribution is 0.102. The van der Waals surface area contributed by atoms with Crippen molar-refractivity contribution in [1.82, 2.24) is 9.88 Å². The highest BCUT2D eigenvalue weighted by Gasteiger charge is 2.21. The van der Waals surface area contributed by atoms with Crippen LogP contribution in [0.3, 0.4) is 0 Å². The Balaban J connectivity index is 1.42. The zero-order chi connectivity index (χ0) is 22.0. The molecule has 162 valence electrons. The quantitative estimate of drug-likeness (QED) is 0.573. The second-order valence-corrected chi connectivity index (χ2v) is 8.40. The monoisotopic (exact) mass is 461 g/mol. The molecule has 0 saturated heterocycles. The van der Waals surface area contributed by atoms with E-state index in [2.05, 4.69) is 15.2 Å². The van der Waals surface area contributed by atoms with Gasteiger partial charge in [-0.3, -0.25) is 15.0 Å². The van der Waals surface area contributed by atoms with Crippen LogP contribution in [0.1, 0.15) is 27.2 Å². The Morgan fingerprint density at radius 2 is 2.00 bits per heavy atom. The van der Waals surface area contributed by atoms with Gasteiger partial charge in [-0.1, -0.05) is 17.7 Å². The summed E-state index contributed by atoms with van der Waals surface area (Å²) in [5.74, 6) is 0.177. The molecule has 4 rings (SSSR count). The normalized spacial score (nSPS) is 13.5. The molecule has 2 heterocycles. The number of aromatic nitrogens is 1. The van der Waals surface area contributed by atoms with Crippen LogP contribution in [-0.2, 0) is 19.5 Å². The zero-order valence-corrected chi connectivity index (χ0v) is 18.6. The van der Waals surface area contributed by atoms with Gasteiger partial charge >= 0.3 is 0 Å². The molecule has 0 unspecified atom stereocenters. The largest absolute Gasteiger partial charge is 0.493 e. The van der Waals surface area contributed by atoms with Crippen molar-refractivity contribution in [3.8, 4) is 11.5 Å². The first kappa shape index (κ1) is 21.5. The van der Waals surface area contributed by atoms with Crippen LogP contribution in [0.2, 0.25) is 5.02 Å². The third-order valence-electron chi connectivity index (χ3n) is 5.14. The van der Waals surface area contributed by atoms with Gasteiger partial charge in [-0.2, -0.15) is 0 Å². The summed E-state index contributed by atoms with van der Waals surface area (Å²) in [4.78, 5) is 19.2. The summed E-state index contributed by atoms with van der Waals surface area (Å²) in [5, 5.41) is 5.00. The molecule has 1 amide bonds. The molecule has 1 aliphatic rings. The third-order valence-corrected chi connectivity index (χ3v) is 6.27. The maximum absolute atomic E-state index is 14.0. The summed E-state index contributed by atoms with van der Waals surface area (Å²) in [6, 6.07) is 8.19. The fourth-order valence-corrected chi connectivity index (χ4v) is 4.56. The van der Waals surface area contributed by atoms with Gasteiger partial charge in [0.2, 0.25) is 0 Å². The lowest BCUT2D eigenvalue weighted by atomic mass is 9.98. The maximum Gasteiger partial charge on any atom is 0.261 e. The molecule has 2 aromatic carbocycles. The molecular formula is C22H21ClFN3O3S. The summed E-state index contributed by atoms with van der Waals surface area (Å²) in [7, 11) is 3.27. The highest BCUT2D eigenvalue weighted by molar-refractivity contribution is 7.14. The summed E-state index contributed by atoms with van der Waals surface area (Å²) in [6.07, 6.45) is 0.898. The average Bonchev–Trinajstić information content (AvgIpc) is 3.19. The Hall–Kier alpha value is -2.68. The van der Waals surface area contributed by atoms with E-state index in [9.17, 15) is 9.18 Å². The Morgan fingerprint density at radius 1 is 1.26 bits per heavy atom. The molecule has 6 nitrogen and oxygen atoms in total. The SMILES string of the molecule is COc1cc2c(cc1OC)CN(Cc1csc(NC(=O)c3c(F)cccc3Cl)n1)CC2. The number of carbonyl (C=O) groups is 1. The van der Waals surface area contributed by atoms with Crippen LogP contribution < -0.4 is 14.8 Å². The van der Waals surface area contributed by atoms with E-state index in [4.69, 9.17) is 21.1 Å². The maximum atomic E-state index is 14.0. The van der Waals surface area contributed by atoms with E-state index in [1.165, 1.54) is 40.7 Å². The van der Waals surface area contributed by atoms with Gasteiger partial charge in [0, 0.05) is 25.0 Å². The van der Waals surface area contributed by atoms with Crippen LogP contribution in [0.25, 0.3) is 0 Å². The summed E-state index contributed by atoms with van der Waals surface area (Å²) in [6.45, 7) is 2.28. The Kier molecular flexibility index (Phi) is 6.41. The number of halogens is 2. The Labute approximate surface area is 188 Å². The molecule has 0 fully saturated rings. The van der Waals surface area contributed by atoms with Crippen molar-refractivity contribution in [3.05, 3.63) is 68.9 Å². The summed E-state index contributed by atoms with van der Waals surface area (Å²) >= 11 is 7.26. The van der Waals surface area contributed by atoms with E-state index in [-0.39, 0.29) is 10.6 Å². The van der Waals surface area contributed by atoms with E-state index in [0.29, 0.717) is 17.4 Å². The lowest BCUT2D eigenvalue weighted by Gasteiger charge is -2.29. The fraction of sp³-hybridized carbons (Fsp3) is 0.273. The second-order valence-electron chi connectivity index (χ2n) is 7.13. The molecule has 0 radical (unpaired) electrons. The van der Waals surface area contributed by atoms with Gasteiger partial charge in [0.15, 0.2) is 16.6 Å². The van der Waals surface area contributed by atoms with E-state index in [1.54, 1.807) is 14.2 Å². The number of carbonyl (C=O) groups excluding carboxylic acids is 1. The first-order valence-corrected chi connectivity index (χ1v) is 10.9. The highest BCUT2D eigenvalue weighted by Crippen LogP contribution is 2.33. The van der Waals surface area contributed by atoms with Gasteiger partial charge in [-0.15, -0.1) is 11.3 Å². The standard InChI is InChI=1S/C22H21ClFN3O3S/c1-29-18-8-13-6-7-27(10-14(13)9-19(18)30-2)11-15-12-31-22(25-15)26-21(28)20-16(23)4-3-5-17(20)24/h3-5,8-9,12H,6-7,10-11H2,1-2H3,(H,25,26,28). The molecule has 0 spiro atoms. The van der Waals surface area contributed by atoms with E-state index in [1.807, 2.05) is 17.5 Å². The lowest BCUT2D eigenvalue weighted by Crippen LogP contribution is -2.30. The van der Waals surface area contributed by atoms with Crippen LogP contribution >= 0.6 is 22.9 Å². The van der Waals surface area contributed by atoms with Crippen molar-refractivity contribution in [2.45, 2.75) is 19.5 Å². The number of ether oxygens (including phenoxy) is 2. The van der Waals surface area contributed by atoms with Crippen molar-refractivity contribution in [2.24, 2.45) is 0 Å². The molecule has 0 atom stereocenters. The highest BCUT2D eigenvalue weighted by atomic mass is 35.5. The number of thiazole rings is 1. The number of hydrogen-bond acceptors (Lipinski definition) is 6. The van der Waals surface area contributed by atoms with Crippen molar-refractivity contribution in [2.75, 3.05) is 26.1 Å². The van der Waals surface area contributed by atoms with Gasteiger partial charge in [-0.25, -0.2) is 9.37 Å². The van der Waals surface area contributed by atoms with Crippen LogP contribution in [0.5, 0.6) is 11.5 Å². The molecule has 1 aliphatic heterocycles. The predicted molar refractivity (Wildman–Crippen MR) is 119 cm³/mol. The van der Waals surface area contributed by atoms with Crippen LogP contribution in [-0.4, -0.2) is 36.6 Å². The zero-order valence-electron chi connectivity index (χ0n) is 17.1. The first-order valence-electron chi connectivity index (χ1n) is 9.64. The predicted octanol–water partition coefficient (Wildman–Crippen LogP) is 4.76. The number of nitrogens with zero attached hydrogens (tertiary/aromatic N) is 2. The van der Waals surface area contributed by atoms with Gasteiger partial charge in [0.25, 0.3) is 5.91 Å². The third kappa shape index (κ3) is 4.66.